The summed E-state index contributed by atoms with van der Waals surface area (Å²) < 4.78 is 5.77. The molecule has 31 heavy (non-hydrogen) atoms. The summed E-state index contributed by atoms with van der Waals surface area (Å²) >= 11 is 0. The lowest BCUT2D eigenvalue weighted by Gasteiger charge is -2.37. The van der Waals surface area contributed by atoms with Gasteiger partial charge in [0.05, 0.1) is 12.3 Å². The molecule has 1 aliphatic heterocycles. The lowest BCUT2D eigenvalue weighted by atomic mass is 10.2. The van der Waals surface area contributed by atoms with Crippen LogP contribution in [0, 0.1) is 0 Å². The Bertz CT molecular complexity index is 789. The molecule has 6 heteroatoms. The topological polar surface area (TPSA) is 60.3 Å². The van der Waals surface area contributed by atoms with E-state index in [4.69, 9.17) is 9.73 Å². The predicted octanol–water partition coefficient (Wildman–Crippen LogP) is 3.52. The second-order valence-corrected chi connectivity index (χ2v) is 7.75. The Morgan fingerprint density at radius 3 is 2.45 bits per heavy atom. The van der Waals surface area contributed by atoms with Crippen LogP contribution in [0.5, 0.6) is 5.75 Å². The Balaban J connectivity index is 1.35. The molecule has 0 saturated carbocycles. The summed E-state index contributed by atoms with van der Waals surface area (Å²) in [5, 5.41) is 13.5. The Morgan fingerprint density at radius 1 is 0.968 bits per heavy atom. The van der Waals surface area contributed by atoms with Crippen LogP contribution in [-0.4, -0.2) is 68.4 Å². The molecule has 2 N–H and O–H groups in total. The summed E-state index contributed by atoms with van der Waals surface area (Å²) in [6, 6.07) is 18.0. The molecule has 0 radical (unpaired) electrons. The molecule has 0 unspecified atom stereocenters. The number of hydrogen-bond donors (Lipinski definition) is 2. The third kappa shape index (κ3) is 7.47. The second-order valence-electron chi connectivity index (χ2n) is 7.75. The summed E-state index contributed by atoms with van der Waals surface area (Å²) in [6.07, 6.45) is 3.02. The number of phenolic OH excluding ortho intramolecular Hbond substituents is 1. The van der Waals surface area contributed by atoms with Gasteiger partial charge in [0.25, 0.3) is 0 Å². The number of anilines is 1. The minimum atomic E-state index is 0.350. The first kappa shape index (κ1) is 22.9. The number of rotatable bonds is 10. The molecule has 0 atom stereocenters. The molecule has 3 rings (SSSR count). The van der Waals surface area contributed by atoms with E-state index in [1.54, 1.807) is 6.07 Å². The number of guanidine groups is 1. The van der Waals surface area contributed by atoms with Gasteiger partial charge in [-0.1, -0.05) is 42.5 Å². The van der Waals surface area contributed by atoms with Gasteiger partial charge in [-0.05, 0) is 43.9 Å². The van der Waals surface area contributed by atoms with Gasteiger partial charge in [0.2, 0.25) is 0 Å². The molecule has 2 aromatic rings. The third-order valence-electron chi connectivity index (χ3n) is 5.47. The van der Waals surface area contributed by atoms with Crippen LogP contribution in [0.2, 0.25) is 0 Å². The highest BCUT2D eigenvalue weighted by atomic mass is 16.5. The maximum absolute atomic E-state index is 10.1. The number of aliphatic imine (C=N–C) groups is 1. The maximum Gasteiger partial charge on any atom is 0.194 e. The molecule has 1 fully saturated rings. The monoisotopic (exact) mass is 424 g/mol. The van der Waals surface area contributed by atoms with Crippen molar-refractivity contribution in [2.24, 2.45) is 4.99 Å². The molecule has 0 amide bonds. The number of aromatic hydroxyl groups is 1. The van der Waals surface area contributed by atoms with Crippen LogP contribution in [0.25, 0.3) is 0 Å². The van der Waals surface area contributed by atoms with E-state index in [1.807, 2.05) is 24.3 Å². The Kier molecular flexibility index (Phi) is 9.51. The number of hydrogen-bond acceptors (Lipinski definition) is 4. The van der Waals surface area contributed by atoms with E-state index >= 15 is 0 Å². The SMILES string of the molecule is CCNC(=NCCCCOCCc1ccccc1)N1CCN(c2ccccc2O)CC1. The minimum absolute atomic E-state index is 0.350. The number of piperazine rings is 1. The zero-order valence-corrected chi connectivity index (χ0v) is 18.7. The van der Waals surface area contributed by atoms with Crippen LogP contribution in [0.4, 0.5) is 5.69 Å². The normalized spacial score (nSPS) is 14.7. The van der Waals surface area contributed by atoms with Crippen molar-refractivity contribution in [1.82, 2.24) is 10.2 Å². The van der Waals surface area contributed by atoms with Crippen LogP contribution < -0.4 is 10.2 Å². The van der Waals surface area contributed by atoms with Gasteiger partial charge in [0.15, 0.2) is 5.96 Å². The van der Waals surface area contributed by atoms with Crippen LogP contribution in [0.1, 0.15) is 25.3 Å². The fourth-order valence-electron chi connectivity index (χ4n) is 3.75. The van der Waals surface area contributed by atoms with E-state index in [1.165, 1.54) is 5.56 Å². The van der Waals surface area contributed by atoms with Gasteiger partial charge < -0.3 is 25.0 Å². The average Bonchev–Trinajstić information content (AvgIpc) is 2.81. The van der Waals surface area contributed by atoms with Gasteiger partial charge in [-0.3, -0.25) is 4.99 Å². The molecular formula is C25H36N4O2. The Hall–Kier alpha value is -2.73. The molecule has 168 valence electrons. The number of nitrogens with zero attached hydrogens (tertiary/aromatic N) is 3. The number of ether oxygens (including phenoxy) is 1. The first-order chi connectivity index (χ1) is 15.3. The van der Waals surface area contributed by atoms with Gasteiger partial charge in [0, 0.05) is 45.9 Å². The molecule has 0 spiro atoms. The summed E-state index contributed by atoms with van der Waals surface area (Å²) in [6.45, 7) is 8.87. The maximum atomic E-state index is 10.1. The molecular weight excluding hydrogens is 388 g/mol. The van der Waals surface area contributed by atoms with Crippen molar-refractivity contribution in [2.75, 3.05) is 57.4 Å². The van der Waals surface area contributed by atoms with Gasteiger partial charge in [0.1, 0.15) is 5.75 Å². The number of para-hydroxylation sites is 2. The summed E-state index contributed by atoms with van der Waals surface area (Å²) in [5.41, 5.74) is 2.24. The van der Waals surface area contributed by atoms with Crippen LogP contribution in [0.15, 0.2) is 59.6 Å². The summed E-state index contributed by atoms with van der Waals surface area (Å²) in [7, 11) is 0. The van der Waals surface area contributed by atoms with Crippen molar-refractivity contribution in [3.05, 3.63) is 60.2 Å². The average molecular weight is 425 g/mol. The second kappa shape index (κ2) is 12.8. The van der Waals surface area contributed by atoms with E-state index < -0.39 is 0 Å². The van der Waals surface area contributed by atoms with Crippen molar-refractivity contribution in [3.63, 3.8) is 0 Å². The van der Waals surface area contributed by atoms with Gasteiger partial charge in [-0.2, -0.15) is 0 Å². The van der Waals surface area contributed by atoms with Crippen molar-refractivity contribution < 1.29 is 9.84 Å². The molecule has 0 aromatic heterocycles. The standard InChI is InChI=1S/C25H36N4O2/c1-2-26-25(27-15-8-9-20-31-21-14-22-10-4-3-5-11-22)29-18-16-28(17-19-29)23-12-6-7-13-24(23)30/h3-7,10-13,30H,2,8-9,14-21H2,1H3,(H,26,27). The smallest absolute Gasteiger partial charge is 0.194 e. The summed E-state index contributed by atoms with van der Waals surface area (Å²) in [5.74, 6) is 1.34. The molecule has 1 heterocycles. The number of benzene rings is 2. The molecule has 0 aliphatic carbocycles. The van der Waals surface area contributed by atoms with E-state index in [9.17, 15) is 5.11 Å². The Labute approximate surface area is 186 Å². The van der Waals surface area contributed by atoms with Crippen LogP contribution >= 0.6 is 0 Å². The van der Waals surface area contributed by atoms with Gasteiger partial charge in [-0.15, -0.1) is 0 Å². The highest BCUT2D eigenvalue weighted by Crippen LogP contribution is 2.27. The van der Waals surface area contributed by atoms with Crippen molar-refractivity contribution >= 4 is 11.6 Å². The van der Waals surface area contributed by atoms with Gasteiger partial charge in [-0.25, -0.2) is 0 Å². The molecule has 1 saturated heterocycles. The van der Waals surface area contributed by atoms with Crippen LogP contribution in [-0.2, 0) is 11.2 Å². The molecule has 0 bridgehead atoms. The highest BCUT2D eigenvalue weighted by Gasteiger charge is 2.21. The van der Waals surface area contributed by atoms with E-state index in [2.05, 4.69) is 46.3 Å². The first-order valence-corrected chi connectivity index (χ1v) is 11.5. The lowest BCUT2D eigenvalue weighted by Crippen LogP contribution is -2.52. The number of unbranched alkanes of at least 4 members (excludes halogenated alkanes) is 1. The predicted molar refractivity (Wildman–Crippen MR) is 128 cm³/mol. The van der Waals surface area contributed by atoms with Crippen molar-refractivity contribution in [2.45, 2.75) is 26.2 Å². The van der Waals surface area contributed by atoms with E-state index in [-0.39, 0.29) is 0 Å². The molecule has 2 aromatic carbocycles. The largest absolute Gasteiger partial charge is 0.506 e. The minimum Gasteiger partial charge on any atom is -0.506 e. The summed E-state index contributed by atoms with van der Waals surface area (Å²) in [4.78, 5) is 9.38. The zero-order chi connectivity index (χ0) is 21.7. The number of phenols is 1. The van der Waals surface area contributed by atoms with E-state index in [0.29, 0.717) is 5.75 Å². The van der Waals surface area contributed by atoms with Crippen LogP contribution in [0.3, 0.4) is 0 Å². The highest BCUT2D eigenvalue weighted by molar-refractivity contribution is 5.80. The molecule has 6 nitrogen and oxygen atoms in total. The fourth-order valence-corrected chi connectivity index (χ4v) is 3.75. The van der Waals surface area contributed by atoms with Crippen molar-refractivity contribution in [3.8, 4) is 5.75 Å². The lowest BCUT2D eigenvalue weighted by molar-refractivity contribution is 0.134. The first-order valence-electron chi connectivity index (χ1n) is 11.5. The Morgan fingerprint density at radius 2 is 1.71 bits per heavy atom. The fraction of sp³-hybridized carbons (Fsp3) is 0.480. The van der Waals surface area contributed by atoms with E-state index in [0.717, 1.165) is 83.4 Å². The van der Waals surface area contributed by atoms with Crippen molar-refractivity contribution in [1.29, 1.82) is 0 Å². The number of nitrogens with one attached hydrogen (secondary N) is 1. The van der Waals surface area contributed by atoms with Gasteiger partial charge >= 0.3 is 0 Å². The quantitative estimate of drug-likeness (QED) is 0.347. The molecule has 1 aliphatic rings. The third-order valence-corrected chi connectivity index (χ3v) is 5.47. The zero-order valence-electron chi connectivity index (χ0n) is 18.7.